The van der Waals surface area contributed by atoms with Crippen LogP contribution in [0, 0.1) is 18.3 Å². The third-order valence-corrected chi connectivity index (χ3v) is 6.12. The van der Waals surface area contributed by atoms with Gasteiger partial charge in [-0.1, -0.05) is 24.1 Å². The molecule has 1 aromatic rings. The zero-order valence-corrected chi connectivity index (χ0v) is 13.6. The smallest absolute Gasteiger partial charge is 0.245 e. The van der Waals surface area contributed by atoms with Gasteiger partial charge in [-0.05, 0) is 44.7 Å². The molecule has 0 aliphatic heterocycles. The molecule has 1 aliphatic carbocycles. The van der Waals surface area contributed by atoms with E-state index in [4.69, 9.17) is 5.26 Å². The van der Waals surface area contributed by atoms with E-state index in [0.717, 1.165) is 29.1 Å². The monoisotopic (exact) mass is 322 g/mol. The zero-order chi connectivity index (χ0) is 16.2. The highest BCUT2D eigenvalue weighted by atomic mass is 32.2. The van der Waals surface area contributed by atoms with Crippen molar-refractivity contribution in [1.82, 2.24) is 4.31 Å². The van der Waals surface area contributed by atoms with Crippen molar-refractivity contribution in [2.45, 2.75) is 56.1 Å². The molecule has 2 rings (SSSR count). The molecule has 0 heterocycles. The van der Waals surface area contributed by atoms with E-state index in [1.54, 1.807) is 24.3 Å². The highest BCUT2D eigenvalue weighted by Crippen LogP contribution is 2.35. The summed E-state index contributed by atoms with van der Waals surface area (Å²) in [5, 5.41) is 19.7. The molecule has 22 heavy (non-hydrogen) atoms. The molecule has 6 heteroatoms. The molecule has 1 aromatic carbocycles. The fourth-order valence-electron chi connectivity index (χ4n) is 2.91. The summed E-state index contributed by atoms with van der Waals surface area (Å²) in [6.07, 6.45) is 3.49. The second kappa shape index (κ2) is 6.78. The Kier molecular flexibility index (Phi) is 5.22. The van der Waals surface area contributed by atoms with Crippen LogP contribution in [0.1, 0.15) is 44.1 Å². The van der Waals surface area contributed by atoms with Crippen LogP contribution in [-0.2, 0) is 10.0 Å². The van der Waals surface area contributed by atoms with Crippen LogP contribution in [0.25, 0.3) is 0 Å². The van der Waals surface area contributed by atoms with Crippen molar-refractivity contribution in [2.24, 2.45) is 0 Å². The molecule has 1 aliphatic rings. The number of sulfonamides is 1. The summed E-state index contributed by atoms with van der Waals surface area (Å²) >= 11 is 0. The van der Waals surface area contributed by atoms with Crippen molar-refractivity contribution >= 4 is 10.0 Å². The minimum absolute atomic E-state index is 0.0171. The van der Waals surface area contributed by atoms with Gasteiger partial charge < -0.3 is 5.11 Å². The van der Waals surface area contributed by atoms with Crippen LogP contribution in [0.5, 0.6) is 0 Å². The SMILES string of the molecule is Cc1ccc(S(=O)(=O)N(CCC#N)C2(O)CCCCC2)cc1. The van der Waals surface area contributed by atoms with Crippen LogP contribution >= 0.6 is 0 Å². The molecule has 0 radical (unpaired) electrons. The zero-order valence-electron chi connectivity index (χ0n) is 12.8. The quantitative estimate of drug-likeness (QED) is 0.845. The van der Waals surface area contributed by atoms with Crippen molar-refractivity contribution in [1.29, 1.82) is 5.26 Å². The van der Waals surface area contributed by atoms with E-state index < -0.39 is 15.7 Å². The van der Waals surface area contributed by atoms with Crippen LogP contribution in [-0.4, -0.2) is 30.1 Å². The Balaban J connectivity index is 2.39. The third-order valence-electron chi connectivity index (χ3n) is 4.15. The van der Waals surface area contributed by atoms with E-state index in [1.165, 1.54) is 0 Å². The average molecular weight is 322 g/mol. The maximum absolute atomic E-state index is 12.9. The van der Waals surface area contributed by atoms with E-state index in [2.05, 4.69) is 0 Å². The minimum Gasteiger partial charge on any atom is -0.375 e. The lowest BCUT2D eigenvalue weighted by molar-refractivity contribution is -0.0872. The number of hydrogen-bond donors (Lipinski definition) is 1. The second-order valence-corrected chi connectivity index (χ2v) is 7.70. The molecule has 0 amide bonds. The fourth-order valence-corrected chi connectivity index (χ4v) is 4.60. The predicted octanol–water partition coefficient (Wildman–Crippen LogP) is 2.55. The first-order valence-corrected chi connectivity index (χ1v) is 9.03. The molecule has 120 valence electrons. The molecular weight excluding hydrogens is 300 g/mol. The third kappa shape index (κ3) is 3.49. The highest BCUT2D eigenvalue weighted by molar-refractivity contribution is 7.89. The normalized spacial score (nSPS) is 18.1. The van der Waals surface area contributed by atoms with Gasteiger partial charge in [0.1, 0.15) is 5.72 Å². The molecule has 0 unspecified atom stereocenters. The lowest BCUT2D eigenvalue weighted by atomic mass is 9.92. The molecule has 1 saturated carbocycles. The Bertz CT molecular complexity index is 641. The predicted molar refractivity (Wildman–Crippen MR) is 83.3 cm³/mol. The van der Waals surface area contributed by atoms with Gasteiger partial charge >= 0.3 is 0 Å². The van der Waals surface area contributed by atoms with Gasteiger partial charge in [-0.2, -0.15) is 9.57 Å². The lowest BCUT2D eigenvalue weighted by Crippen LogP contribution is -2.53. The number of rotatable bonds is 5. The first-order chi connectivity index (χ1) is 10.4. The van der Waals surface area contributed by atoms with Gasteiger partial charge in [0, 0.05) is 13.0 Å². The first kappa shape index (κ1) is 16.9. The average Bonchev–Trinajstić information content (AvgIpc) is 2.48. The van der Waals surface area contributed by atoms with Crippen LogP contribution in [0.2, 0.25) is 0 Å². The van der Waals surface area contributed by atoms with Gasteiger partial charge in [0.15, 0.2) is 0 Å². The van der Waals surface area contributed by atoms with Crippen LogP contribution in [0.15, 0.2) is 29.2 Å². The second-order valence-electron chi connectivity index (χ2n) is 5.84. The topological polar surface area (TPSA) is 81.4 Å². The molecule has 0 saturated heterocycles. The Morgan fingerprint density at radius 3 is 2.36 bits per heavy atom. The standard InChI is InChI=1S/C16H22N2O3S/c1-14-6-8-15(9-7-14)22(20,21)18(13-5-12-17)16(19)10-3-2-4-11-16/h6-9,19H,2-5,10-11,13H2,1H3. The van der Waals surface area contributed by atoms with E-state index in [0.29, 0.717) is 12.8 Å². The summed E-state index contributed by atoms with van der Waals surface area (Å²) in [6.45, 7) is 1.90. The molecule has 0 bridgehead atoms. The van der Waals surface area contributed by atoms with Crippen molar-refractivity contribution < 1.29 is 13.5 Å². The molecule has 0 atom stereocenters. The number of hydrogen-bond acceptors (Lipinski definition) is 4. The van der Waals surface area contributed by atoms with Gasteiger partial charge in [-0.25, -0.2) is 8.42 Å². The minimum atomic E-state index is -3.82. The van der Waals surface area contributed by atoms with E-state index >= 15 is 0 Å². The molecule has 1 fully saturated rings. The molecule has 1 N–H and O–H groups in total. The van der Waals surface area contributed by atoms with Crippen molar-refractivity contribution in [2.75, 3.05) is 6.54 Å². The number of aliphatic hydroxyl groups is 1. The number of nitrogens with zero attached hydrogens (tertiary/aromatic N) is 2. The van der Waals surface area contributed by atoms with E-state index in [-0.39, 0.29) is 17.9 Å². The van der Waals surface area contributed by atoms with E-state index in [9.17, 15) is 13.5 Å². The highest BCUT2D eigenvalue weighted by Gasteiger charge is 2.42. The summed E-state index contributed by atoms with van der Waals surface area (Å²) in [5.74, 6) is 0. The molecule has 5 nitrogen and oxygen atoms in total. The summed E-state index contributed by atoms with van der Waals surface area (Å²) < 4.78 is 27.0. The van der Waals surface area contributed by atoms with Crippen LogP contribution in [0.3, 0.4) is 0 Å². The maximum Gasteiger partial charge on any atom is 0.245 e. The lowest BCUT2D eigenvalue weighted by Gasteiger charge is -2.41. The Hall–Kier alpha value is -1.42. The first-order valence-electron chi connectivity index (χ1n) is 7.59. The van der Waals surface area contributed by atoms with Crippen LogP contribution < -0.4 is 0 Å². The van der Waals surface area contributed by atoms with Gasteiger partial charge in [-0.15, -0.1) is 0 Å². The molecule has 0 aromatic heterocycles. The number of aryl methyl sites for hydroxylation is 1. The summed E-state index contributed by atoms with van der Waals surface area (Å²) in [6, 6.07) is 8.55. The fraction of sp³-hybridized carbons (Fsp3) is 0.562. The summed E-state index contributed by atoms with van der Waals surface area (Å²) in [4.78, 5) is 0.162. The number of benzene rings is 1. The summed E-state index contributed by atoms with van der Waals surface area (Å²) in [7, 11) is -3.82. The van der Waals surface area contributed by atoms with Crippen molar-refractivity contribution in [3.8, 4) is 6.07 Å². The Morgan fingerprint density at radius 2 is 1.82 bits per heavy atom. The van der Waals surface area contributed by atoms with Crippen molar-refractivity contribution in [3.05, 3.63) is 29.8 Å². The van der Waals surface area contributed by atoms with Gasteiger partial charge in [-0.3, -0.25) is 0 Å². The molecule has 0 spiro atoms. The Labute approximate surface area is 132 Å². The van der Waals surface area contributed by atoms with Gasteiger partial charge in [0.25, 0.3) is 0 Å². The largest absolute Gasteiger partial charge is 0.375 e. The number of nitriles is 1. The maximum atomic E-state index is 12.9. The van der Waals surface area contributed by atoms with Gasteiger partial charge in [0.05, 0.1) is 11.0 Å². The van der Waals surface area contributed by atoms with Crippen molar-refractivity contribution in [3.63, 3.8) is 0 Å². The van der Waals surface area contributed by atoms with E-state index in [1.807, 2.05) is 13.0 Å². The Morgan fingerprint density at radius 1 is 1.23 bits per heavy atom. The molecular formula is C16H22N2O3S. The van der Waals surface area contributed by atoms with Crippen LogP contribution in [0.4, 0.5) is 0 Å². The van der Waals surface area contributed by atoms with Gasteiger partial charge in [0.2, 0.25) is 10.0 Å². The summed E-state index contributed by atoms with van der Waals surface area (Å²) in [5.41, 5.74) is -0.405.